The summed E-state index contributed by atoms with van der Waals surface area (Å²) in [6.45, 7) is 1.90. The number of hydrogen-bond acceptors (Lipinski definition) is 8. The molecule has 1 amide bonds. The number of rotatable bonds is 6. The smallest absolute Gasteiger partial charge is 0.272 e. The molecule has 3 heterocycles. The van der Waals surface area contributed by atoms with Crippen molar-refractivity contribution in [3.63, 3.8) is 0 Å². The molecular weight excluding hydrogens is 448 g/mol. The van der Waals surface area contributed by atoms with E-state index in [0.29, 0.717) is 23.0 Å². The van der Waals surface area contributed by atoms with E-state index in [1.54, 1.807) is 27.5 Å². The van der Waals surface area contributed by atoms with Crippen molar-refractivity contribution in [2.45, 2.75) is 19.3 Å². The van der Waals surface area contributed by atoms with Crippen molar-refractivity contribution in [3.05, 3.63) is 65.5 Å². The first-order valence-electron chi connectivity index (χ1n) is 11.0. The number of carbonyl (C=O) groups is 1. The van der Waals surface area contributed by atoms with E-state index in [4.69, 9.17) is 14.2 Å². The van der Waals surface area contributed by atoms with Crippen molar-refractivity contribution in [1.82, 2.24) is 25.0 Å². The van der Waals surface area contributed by atoms with Gasteiger partial charge in [-0.1, -0.05) is 12.1 Å². The van der Waals surface area contributed by atoms with Gasteiger partial charge in [0.15, 0.2) is 11.5 Å². The fraction of sp³-hybridized carbons (Fsp3) is 0.240. The van der Waals surface area contributed by atoms with Crippen LogP contribution in [0.25, 0.3) is 17.2 Å². The largest absolute Gasteiger partial charge is 0.497 e. The zero-order valence-corrected chi connectivity index (χ0v) is 19.8. The number of aryl methyl sites for hydroxylation is 1. The molecule has 0 aliphatic carbocycles. The van der Waals surface area contributed by atoms with Crippen LogP contribution >= 0.6 is 0 Å². The molecule has 0 spiro atoms. The first kappa shape index (κ1) is 22.3. The Labute approximate surface area is 201 Å². The summed E-state index contributed by atoms with van der Waals surface area (Å²) in [6.07, 6.45) is 1.82. The van der Waals surface area contributed by atoms with Crippen molar-refractivity contribution in [2.75, 3.05) is 26.6 Å². The number of ether oxygens (including phenoxy) is 3. The summed E-state index contributed by atoms with van der Waals surface area (Å²) in [7, 11) is 4.79. The minimum Gasteiger partial charge on any atom is -0.497 e. The Morgan fingerprint density at radius 1 is 1.03 bits per heavy atom. The average Bonchev–Trinajstić information content (AvgIpc) is 3.23. The van der Waals surface area contributed by atoms with Crippen molar-refractivity contribution in [3.8, 4) is 34.5 Å². The van der Waals surface area contributed by atoms with Gasteiger partial charge in [0.1, 0.15) is 11.6 Å². The fourth-order valence-electron chi connectivity index (χ4n) is 4.43. The van der Waals surface area contributed by atoms with Crippen LogP contribution in [0.15, 0.2) is 48.7 Å². The van der Waals surface area contributed by atoms with Crippen LogP contribution in [0.4, 0.5) is 5.82 Å². The maximum Gasteiger partial charge on any atom is 0.272 e. The van der Waals surface area contributed by atoms with Gasteiger partial charge in [0.25, 0.3) is 5.95 Å². The van der Waals surface area contributed by atoms with Crippen LogP contribution < -0.4 is 19.5 Å². The molecule has 0 saturated heterocycles. The molecule has 0 bridgehead atoms. The van der Waals surface area contributed by atoms with E-state index < -0.39 is 0 Å². The SMILES string of the molecule is COc1ccc(-c2cnnc(-n3nc(C)c4c3NC(=O)CC4c3cccc(OC)c3OC)n2)cc1. The van der Waals surface area contributed by atoms with Gasteiger partial charge < -0.3 is 19.5 Å². The predicted molar refractivity (Wildman–Crippen MR) is 128 cm³/mol. The topological polar surface area (TPSA) is 113 Å². The lowest BCUT2D eigenvalue weighted by Crippen LogP contribution is -2.25. The zero-order valence-electron chi connectivity index (χ0n) is 19.8. The Morgan fingerprint density at radius 2 is 1.83 bits per heavy atom. The number of methoxy groups -OCH3 is 3. The van der Waals surface area contributed by atoms with Crippen molar-refractivity contribution >= 4 is 11.7 Å². The lowest BCUT2D eigenvalue weighted by molar-refractivity contribution is -0.116. The Hall–Kier alpha value is -4.47. The van der Waals surface area contributed by atoms with Crippen LogP contribution in [0, 0.1) is 6.92 Å². The summed E-state index contributed by atoms with van der Waals surface area (Å²) in [4.78, 5) is 17.5. The van der Waals surface area contributed by atoms with Gasteiger partial charge in [-0.05, 0) is 37.3 Å². The lowest BCUT2D eigenvalue weighted by Gasteiger charge is -2.26. The number of nitrogens with zero attached hydrogens (tertiary/aromatic N) is 5. The van der Waals surface area contributed by atoms with Gasteiger partial charge in [-0.15, -0.1) is 5.10 Å². The molecule has 1 atom stereocenters. The number of para-hydroxylation sites is 1. The van der Waals surface area contributed by atoms with Crippen molar-refractivity contribution < 1.29 is 19.0 Å². The van der Waals surface area contributed by atoms with Crippen LogP contribution in [0.5, 0.6) is 17.2 Å². The summed E-state index contributed by atoms with van der Waals surface area (Å²) in [6, 6.07) is 13.1. The third kappa shape index (κ3) is 3.92. The molecular formula is C25H24N6O4. The molecule has 0 radical (unpaired) electrons. The molecule has 1 aliphatic rings. The number of fused-ring (bicyclic) bond motifs is 1. The van der Waals surface area contributed by atoms with E-state index in [1.165, 1.54) is 4.68 Å². The van der Waals surface area contributed by atoms with E-state index >= 15 is 0 Å². The van der Waals surface area contributed by atoms with Crippen LogP contribution in [0.2, 0.25) is 0 Å². The first-order chi connectivity index (χ1) is 17.0. The molecule has 2 aromatic carbocycles. The lowest BCUT2D eigenvalue weighted by atomic mass is 9.85. The second-order valence-corrected chi connectivity index (χ2v) is 8.02. The van der Waals surface area contributed by atoms with Gasteiger partial charge in [-0.2, -0.15) is 14.9 Å². The number of anilines is 1. The number of benzene rings is 2. The molecule has 10 heteroatoms. The van der Waals surface area contributed by atoms with Crippen LogP contribution in [-0.4, -0.2) is 52.2 Å². The van der Waals surface area contributed by atoms with Gasteiger partial charge in [-0.25, -0.2) is 4.98 Å². The average molecular weight is 473 g/mol. The predicted octanol–water partition coefficient (Wildman–Crippen LogP) is 3.53. The van der Waals surface area contributed by atoms with Crippen LogP contribution in [0.3, 0.4) is 0 Å². The highest BCUT2D eigenvalue weighted by molar-refractivity contribution is 5.95. The van der Waals surface area contributed by atoms with Gasteiger partial charge >= 0.3 is 0 Å². The molecule has 1 N–H and O–H groups in total. The Balaban J connectivity index is 1.61. The standard InChI is InChI=1S/C25H24N6O4/c1-14-22-18(17-6-5-7-20(34-3)23(17)35-4)12-21(32)28-24(22)31(30-14)25-27-19(13-26-29-25)15-8-10-16(33-2)11-9-15/h5-11,13,18H,12H2,1-4H3,(H,28,32). The monoisotopic (exact) mass is 472 g/mol. The quantitative estimate of drug-likeness (QED) is 0.453. The molecule has 5 rings (SSSR count). The van der Waals surface area contributed by atoms with Gasteiger partial charge in [0.05, 0.1) is 38.9 Å². The van der Waals surface area contributed by atoms with E-state index in [0.717, 1.165) is 28.1 Å². The van der Waals surface area contributed by atoms with E-state index in [-0.39, 0.29) is 24.2 Å². The summed E-state index contributed by atoms with van der Waals surface area (Å²) < 4.78 is 17.9. The number of hydrogen-bond donors (Lipinski definition) is 1. The van der Waals surface area contributed by atoms with Crippen LogP contribution in [0.1, 0.15) is 29.2 Å². The van der Waals surface area contributed by atoms with E-state index in [2.05, 4.69) is 25.6 Å². The molecule has 0 saturated carbocycles. The maximum atomic E-state index is 12.8. The Kier molecular flexibility index (Phi) is 5.77. The molecule has 1 unspecified atom stereocenters. The Bertz CT molecular complexity index is 1400. The molecule has 178 valence electrons. The molecule has 4 aromatic rings. The second kappa shape index (κ2) is 9.05. The van der Waals surface area contributed by atoms with Gasteiger partial charge in [0, 0.05) is 29.0 Å². The Morgan fingerprint density at radius 3 is 2.54 bits per heavy atom. The van der Waals surface area contributed by atoms with Crippen LogP contribution in [-0.2, 0) is 4.79 Å². The number of nitrogens with one attached hydrogen (secondary N) is 1. The normalized spacial score (nSPS) is 14.7. The van der Waals surface area contributed by atoms with E-state index in [1.807, 2.05) is 49.4 Å². The molecule has 35 heavy (non-hydrogen) atoms. The molecule has 0 fully saturated rings. The highest BCUT2D eigenvalue weighted by Crippen LogP contribution is 2.45. The highest BCUT2D eigenvalue weighted by atomic mass is 16.5. The molecule has 2 aromatic heterocycles. The molecule has 10 nitrogen and oxygen atoms in total. The first-order valence-corrected chi connectivity index (χ1v) is 11.0. The third-order valence-electron chi connectivity index (χ3n) is 6.03. The summed E-state index contributed by atoms with van der Waals surface area (Å²) >= 11 is 0. The van der Waals surface area contributed by atoms with Crippen molar-refractivity contribution in [1.29, 1.82) is 0 Å². The van der Waals surface area contributed by atoms with Gasteiger partial charge in [-0.3, -0.25) is 4.79 Å². The number of carbonyl (C=O) groups excluding carboxylic acids is 1. The molecule has 1 aliphatic heterocycles. The van der Waals surface area contributed by atoms with E-state index in [9.17, 15) is 4.79 Å². The summed E-state index contributed by atoms with van der Waals surface area (Å²) in [5, 5.41) is 16.0. The highest BCUT2D eigenvalue weighted by Gasteiger charge is 2.35. The summed E-state index contributed by atoms with van der Waals surface area (Å²) in [5.41, 5.74) is 3.93. The number of amides is 1. The minimum absolute atomic E-state index is 0.146. The number of aromatic nitrogens is 5. The minimum atomic E-state index is -0.282. The fourth-order valence-corrected chi connectivity index (χ4v) is 4.43. The maximum absolute atomic E-state index is 12.8. The van der Waals surface area contributed by atoms with Crippen molar-refractivity contribution in [2.24, 2.45) is 0 Å². The van der Waals surface area contributed by atoms with Gasteiger partial charge in [0.2, 0.25) is 5.91 Å². The summed E-state index contributed by atoms with van der Waals surface area (Å²) in [5.74, 6) is 2.27. The second-order valence-electron chi connectivity index (χ2n) is 8.02. The third-order valence-corrected chi connectivity index (χ3v) is 6.03. The zero-order chi connectivity index (χ0) is 24.5.